The minimum absolute atomic E-state index is 0.176. The Kier molecular flexibility index (Phi) is 5.75. The second kappa shape index (κ2) is 7.58. The lowest BCUT2D eigenvalue weighted by Crippen LogP contribution is -2.37. The predicted molar refractivity (Wildman–Crippen MR) is 81.1 cm³/mol. The molecule has 2 aromatic rings. The number of aromatic nitrogens is 1. The number of aliphatic hydroxyl groups excluding tert-OH is 1. The van der Waals surface area contributed by atoms with E-state index in [1.54, 1.807) is 12.3 Å². The Balaban J connectivity index is 2.03. The molecule has 0 saturated heterocycles. The van der Waals surface area contributed by atoms with Crippen LogP contribution in [0, 0.1) is 11.6 Å². The van der Waals surface area contributed by atoms with Crippen molar-refractivity contribution in [2.24, 2.45) is 0 Å². The Labute approximate surface area is 135 Å². The van der Waals surface area contributed by atoms with Crippen LogP contribution in [-0.2, 0) is 11.3 Å². The first-order chi connectivity index (χ1) is 10.9. The average molecular weight is 342 g/mol. The molecule has 0 fully saturated rings. The molecule has 5 nitrogen and oxygen atoms in total. The van der Waals surface area contributed by atoms with Crippen LogP contribution >= 0.6 is 11.3 Å². The van der Waals surface area contributed by atoms with Crippen LogP contribution in [0.1, 0.15) is 34.1 Å². The maximum atomic E-state index is 13.2. The molecule has 0 spiro atoms. The van der Waals surface area contributed by atoms with Crippen LogP contribution in [0.5, 0.6) is 0 Å². The topological polar surface area (TPSA) is 71.5 Å². The zero-order valence-electron chi connectivity index (χ0n) is 12.5. The average Bonchev–Trinajstić information content (AvgIpc) is 2.98. The third-order valence-corrected chi connectivity index (χ3v) is 3.99. The van der Waals surface area contributed by atoms with E-state index in [1.807, 2.05) is 0 Å². The highest BCUT2D eigenvalue weighted by Gasteiger charge is 2.21. The first-order valence-corrected chi connectivity index (χ1v) is 7.67. The Morgan fingerprint density at radius 2 is 2.17 bits per heavy atom. The van der Waals surface area contributed by atoms with Crippen molar-refractivity contribution in [3.05, 3.63) is 51.5 Å². The molecular formula is C15H16F2N2O3S. The van der Waals surface area contributed by atoms with Crippen molar-refractivity contribution in [3.63, 3.8) is 0 Å². The monoisotopic (exact) mass is 342 g/mol. The number of ether oxygens (including phenoxy) is 1. The van der Waals surface area contributed by atoms with Gasteiger partial charge in [-0.15, -0.1) is 11.3 Å². The van der Waals surface area contributed by atoms with Crippen molar-refractivity contribution >= 4 is 17.2 Å². The smallest absolute Gasteiger partial charge is 0.271 e. The number of nitrogens with zero attached hydrogens (tertiary/aromatic N) is 1. The van der Waals surface area contributed by atoms with Crippen LogP contribution in [-0.4, -0.2) is 29.1 Å². The number of rotatable bonds is 6. The third kappa shape index (κ3) is 4.31. The Morgan fingerprint density at radius 1 is 1.43 bits per heavy atom. The summed E-state index contributed by atoms with van der Waals surface area (Å²) in [7, 11) is 1.53. The quantitative estimate of drug-likeness (QED) is 0.846. The first-order valence-electron chi connectivity index (χ1n) is 6.79. The summed E-state index contributed by atoms with van der Waals surface area (Å²) in [5.41, 5.74) is 0.390. The minimum atomic E-state index is -1.17. The molecule has 1 aromatic heterocycles. The van der Waals surface area contributed by atoms with Crippen molar-refractivity contribution in [1.29, 1.82) is 0 Å². The normalized spacial score (nSPS) is 13.6. The van der Waals surface area contributed by atoms with Gasteiger partial charge in [-0.25, -0.2) is 13.8 Å². The number of amides is 1. The van der Waals surface area contributed by atoms with E-state index in [0.717, 1.165) is 12.1 Å². The number of benzene rings is 1. The molecule has 0 aliphatic heterocycles. The molecule has 0 bridgehead atoms. The van der Waals surface area contributed by atoms with Crippen LogP contribution < -0.4 is 5.32 Å². The second-order valence-electron chi connectivity index (χ2n) is 4.94. The van der Waals surface area contributed by atoms with Crippen molar-refractivity contribution in [2.75, 3.05) is 7.11 Å². The van der Waals surface area contributed by atoms with E-state index in [4.69, 9.17) is 4.74 Å². The van der Waals surface area contributed by atoms with Crippen LogP contribution in [0.3, 0.4) is 0 Å². The van der Waals surface area contributed by atoms with Gasteiger partial charge in [0.25, 0.3) is 5.91 Å². The number of halogens is 2. The molecule has 8 heteroatoms. The number of aliphatic hydroxyl groups is 1. The fourth-order valence-corrected chi connectivity index (χ4v) is 2.69. The molecule has 1 heterocycles. The van der Waals surface area contributed by atoms with E-state index in [2.05, 4.69) is 10.3 Å². The molecular weight excluding hydrogens is 326 g/mol. The fraction of sp³-hybridized carbons (Fsp3) is 0.333. The van der Waals surface area contributed by atoms with E-state index >= 15 is 0 Å². The van der Waals surface area contributed by atoms with Gasteiger partial charge in [0.15, 0.2) is 11.6 Å². The molecule has 124 valence electrons. The Hall–Kier alpha value is -1.90. The number of hydrogen-bond acceptors (Lipinski definition) is 5. The van der Waals surface area contributed by atoms with Crippen molar-refractivity contribution in [1.82, 2.24) is 10.3 Å². The van der Waals surface area contributed by atoms with E-state index in [1.165, 1.54) is 24.5 Å². The number of thiazole rings is 1. The van der Waals surface area contributed by atoms with Gasteiger partial charge in [-0.2, -0.15) is 0 Å². The summed E-state index contributed by atoms with van der Waals surface area (Å²) >= 11 is 1.29. The predicted octanol–water partition coefficient (Wildman–Crippen LogP) is 2.42. The molecule has 2 unspecified atom stereocenters. The largest absolute Gasteiger partial charge is 0.386 e. The summed E-state index contributed by atoms with van der Waals surface area (Å²) in [5.74, 6) is -2.51. The molecule has 0 radical (unpaired) electrons. The van der Waals surface area contributed by atoms with Gasteiger partial charge in [-0.1, -0.05) is 6.07 Å². The maximum absolute atomic E-state index is 13.2. The Bertz CT molecular complexity index is 693. The van der Waals surface area contributed by atoms with E-state index in [9.17, 15) is 18.7 Å². The number of hydrogen-bond donors (Lipinski definition) is 2. The number of methoxy groups -OCH3 is 1. The molecule has 2 atom stereocenters. The van der Waals surface area contributed by atoms with Gasteiger partial charge in [-0.05, 0) is 24.6 Å². The summed E-state index contributed by atoms with van der Waals surface area (Å²) in [5, 5.41) is 15.0. The van der Waals surface area contributed by atoms with Gasteiger partial charge in [0.05, 0.1) is 18.8 Å². The maximum Gasteiger partial charge on any atom is 0.271 e. The molecule has 0 aliphatic carbocycles. The zero-order valence-corrected chi connectivity index (χ0v) is 13.4. The van der Waals surface area contributed by atoms with Crippen LogP contribution in [0.2, 0.25) is 0 Å². The highest BCUT2D eigenvalue weighted by atomic mass is 32.1. The van der Waals surface area contributed by atoms with Gasteiger partial charge >= 0.3 is 0 Å². The molecule has 0 aliphatic rings. The lowest BCUT2D eigenvalue weighted by Gasteiger charge is -2.20. The van der Waals surface area contributed by atoms with Gasteiger partial charge in [0, 0.05) is 12.5 Å². The zero-order chi connectivity index (χ0) is 17.0. The SMILES string of the molecule is COCc1nc(C(=O)NC(C)C(O)c2ccc(F)c(F)c2)cs1. The van der Waals surface area contributed by atoms with Gasteiger partial charge in [0.2, 0.25) is 0 Å². The summed E-state index contributed by atoms with van der Waals surface area (Å²) in [6.07, 6.45) is -1.17. The Morgan fingerprint density at radius 3 is 2.83 bits per heavy atom. The molecule has 1 aromatic carbocycles. The van der Waals surface area contributed by atoms with Gasteiger partial charge in [-0.3, -0.25) is 4.79 Å². The molecule has 2 rings (SSSR count). The summed E-state index contributed by atoms with van der Waals surface area (Å²) < 4.78 is 31.1. The number of nitrogens with one attached hydrogen (secondary N) is 1. The third-order valence-electron chi connectivity index (χ3n) is 3.17. The van der Waals surface area contributed by atoms with Gasteiger partial charge in [0.1, 0.15) is 10.7 Å². The second-order valence-corrected chi connectivity index (χ2v) is 5.88. The lowest BCUT2D eigenvalue weighted by molar-refractivity contribution is 0.0847. The van der Waals surface area contributed by atoms with E-state index in [-0.39, 0.29) is 11.3 Å². The lowest BCUT2D eigenvalue weighted by atomic mass is 10.0. The van der Waals surface area contributed by atoms with Crippen molar-refractivity contribution in [3.8, 4) is 0 Å². The molecule has 0 saturated carbocycles. The fourth-order valence-electron chi connectivity index (χ4n) is 1.95. The first kappa shape index (κ1) is 17.5. The van der Waals surface area contributed by atoms with Gasteiger partial charge < -0.3 is 15.2 Å². The summed E-state index contributed by atoms with van der Waals surface area (Å²) in [4.78, 5) is 16.2. The van der Waals surface area contributed by atoms with Crippen molar-refractivity contribution < 1.29 is 23.4 Å². The minimum Gasteiger partial charge on any atom is -0.386 e. The van der Waals surface area contributed by atoms with Crippen LogP contribution in [0.4, 0.5) is 8.78 Å². The highest BCUT2D eigenvalue weighted by Crippen LogP contribution is 2.20. The van der Waals surface area contributed by atoms with Crippen LogP contribution in [0.25, 0.3) is 0 Å². The number of carbonyl (C=O) groups is 1. The number of carbonyl (C=O) groups excluding carboxylic acids is 1. The highest BCUT2D eigenvalue weighted by molar-refractivity contribution is 7.09. The standard InChI is InChI=1S/C15H16F2N2O3S/c1-8(14(20)9-3-4-10(16)11(17)5-9)18-15(21)12-7-23-13(19-12)6-22-2/h3-5,7-8,14,20H,6H2,1-2H3,(H,18,21). The summed E-state index contributed by atoms with van der Waals surface area (Å²) in [6, 6.07) is 2.40. The molecule has 23 heavy (non-hydrogen) atoms. The van der Waals surface area contributed by atoms with Crippen LogP contribution in [0.15, 0.2) is 23.6 Å². The van der Waals surface area contributed by atoms with E-state index in [0.29, 0.717) is 11.6 Å². The van der Waals surface area contributed by atoms with Crippen molar-refractivity contribution in [2.45, 2.75) is 25.7 Å². The summed E-state index contributed by atoms with van der Waals surface area (Å²) in [6.45, 7) is 1.87. The molecule has 2 N–H and O–H groups in total. The molecule has 1 amide bonds. The van der Waals surface area contributed by atoms with E-state index < -0.39 is 29.7 Å².